The lowest BCUT2D eigenvalue weighted by Crippen LogP contribution is -1.96. The van der Waals surface area contributed by atoms with Crippen LogP contribution in [0.25, 0.3) is 0 Å². The van der Waals surface area contributed by atoms with Crippen LogP contribution in [0.4, 0.5) is 5.95 Å². The van der Waals surface area contributed by atoms with E-state index in [1.54, 1.807) is 18.0 Å². The van der Waals surface area contributed by atoms with E-state index in [0.29, 0.717) is 5.95 Å². The highest BCUT2D eigenvalue weighted by molar-refractivity contribution is 7.99. The molecule has 0 amide bonds. The predicted octanol–water partition coefficient (Wildman–Crippen LogP) is 2.66. The molecule has 0 aliphatic heterocycles. The lowest BCUT2D eigenvalue weighted by atomic mass is 10.2. The van der Waals surface area contributed by atoms with Crippen molar-refractivity contribution in [2.75, 3.05) is 18.1 Å². The van der Waals surface area contributed by atoms with Gasteiger partial charge in [-0.05, 0) is 24.2 Å². The van der Waals surface area contributed by atoms with Crippen molar-refractivity contribution in [2.45, 2.75) is 25.3 Å². The van der Waals surface area contributed by atoms with Crippen molar-refractivity contribution in [1.29, 1.82) is 0 Å². The quantitative estimate of drug-likeness (QED) is 0.600. The van der Waals surface area contributed by atoms with E-state index in [1.165, 1.54) is 6.42 Å². The average molecular weight is 211 g/mol. The summed E-state index contributed by atoms with van der Waals surface area (Å²) in [5, 5.41) is 3.98. The lowest BCUT2D eigenvalue weighted by Gasteiger charge is -2.04. The maximum atomic E-state index is 4.33. The number of anilines is 1. The molecule has 14 heavy (non-hydrogen) atoms. The predicted molar refractivity (Wildman–Crippen MR) is 61.8 cm³/mol. The zero-order chi connectivity index (χ0) is 10.4. The van der Waals surface area contributed by atoms with E-state index in [1.807, 2.05) is 13.1 Å². The summed E-state index contributed by atoms with van der Waals surface area (Å²) in [6, 6.07) is 1.95. The van der Waals surface area contributed by atoms with Gasteiger partial charge in [-0.3, -0.25) is 0 Å². The van der Waals surface area contributed by atoms with Crippen LogP contribution in [-0.4, -0.2) is 22.8 Å². The summed E-state index contributed by atoms with van der Waals surface area (Å²) in [6.45, 7) is 4.47. The van der Waals surface area contributed by atoms with Gasteiger partial charge in [0.2, 0.25) is 5.95 Å². The number of nitrogens with one attached hydrogen (secondary N) is 1. The molecule has 1 aromatic heterocycles. The average Bonchev–Trinajstić information content (AvgIpc) is 2.18. The van der Waals surface area contributed by atoms with E-state index in [4.69, 9.17) is 0 Å². The molecule has 1 heterocycles. The van der Waals surface area contributed by atoms with Gasteiger partial charge in [0.25, 0.3) is 0 Å². The van der Waals surface area contributed by atoms with E-state index < -0.39 is 0 Å². The first kappa shape index (κ1) is 11.3. The van der Waals surface area contributed by atoms with Crippen molar-refractivity contribution in [3.63, 3.8) is 0 Å². The van der Waals surface area contributed by atoms with Gasteiger partial charge >= 0.3 is 0 Å². The molecule has 78 valence electrons. The van der Waals surface area contributed by atoms with Crippen molar-refractivity contribution < 1.29 is 0 Å². The summed E-state index contributed by atoms with van der Waals surface area (Å²) >= 11 is 1.79. The summed E-state index contributed by atoms with van der Waals surface area (Å²) in [6.07, 6.45) is 3.01. The smallest absolute Gasteiger partial charge is 0.223 e. The maximum Gasteiger partial charge on any atom is 0.223 e. The fourth-order valence-corrected chi connectivity index (χ4v) is 2.05. The summed E-state index contributed by atoms with van der Waals surface area (Å²) < 4.78 is 0. The summed E-state index contributed by atoms with van der Waals surface area (Å²) in [7, 11) is 1.83. The number of thioether (sulfide) groups is 1. The minimum atomic E-state index is 0.694. The molecular formula is C10H17N3S. The van der Waals surface area contributed by atoms with Gasteiger partial charge in [-0.2, -0.15) is 0 Å². The first-order chi connectivity index (χ1) is 6.72. The van der Waals surface area contributed by atoms with Crippen LogP contribution in [0.1, 0.15) is 20.3 Å². The van der Waals surface area contributed by atoms with Crippen LogP contribution in [0.3, 0.4) is 0 Å². The second-order valence-corrected chi connectivity index (χ2v) is 4.61. The van der Waals surface area contributed by atoms with Crippen LogP contribution < -0.4 is 5.32 Å². The van der Waals surface area contributed by atoms with Crippen molar-refractivity contribution in [2.24, 2.45) is 5.92 Å². The van der Waals surface area contributed by atoms with E-state index >= 15 is 0 Å². The fraction of sp³-hybridized carbons (Fsp3) is 0.600. The molecule has 0 aromatic carbocycles. The second-order valence-electron chi connectivity index (χ2n) is 3.50. The molecule has 1 rings (SSSR count). The Labute approximate surface area is 89.7 Å². The third kappa shape index (κ3) is 3.96. The molecule has 0 fully saturated rings. The number of nitrogens with zero attached hydrogens (tertiary/aromatic N) is 2. The van der Waals surface area contributed by atoms with Gasteiger partial charge in [0, 0.05) is 13.2 Å². The standard InChI is InChI=1S/C10H17N3S/c1-8(2)5-7-14-9-4-6-12-10(11-3)13-9/h4,6,8H,5,7H2,1-3H3,(H,11,12,13). The molecule has 0 spiro atoms. The molecule has 0 bridgehead atoms. The highest BCUT2D eigenvalue weighted by Crippen LogP contribution is 2.18. The number of hydrogen-bond acceptors (Lipinski definition) is 4. The largest absolute Gasteiger partial charge is 0.357 e. The molecule has 0 saturated carbocycles. The third-order valence-corrected chi connectivity index (χ3v) is 2.76. The molecule has 0 saturated heterocycles. The van der Waals surface area contributed by atoms with Crippen LogP contribution >= 0.6 is 11.8 Å². The second kappa shape index (κ2) is 5.86. The molecule has 1 aromatic rings. The minimum absolute atomic E-state index is 0.694. The summed E-state index contributed by atoms with van der Waals surface area (Å²) in [5.74, 6) is 2.57. The maximum absolute atomic E-state index is 4.33. The third-order valence-electron chi connectivity index (χ3n) is 1.80. The van der Waals surface area contributed by atoms with Crippen molar-refractivity contribution in [3.05, 3.63) is 12.3 Å². The van der Waals surface area contributed by atoms with Gasteiger partial charge < -0.3 is 5.32 Å². The Balaban J connectivity index is 2.42. The van der Waals surface area contributed by atoms with Gasteiger partial charge in [-0.25, -0.2) is 9.97 Å². The summed E-state index contributed by atoms with van der Waals surface area (Å²) in [5.41, 5.74) is 0. The van der Waals surface area contributed by atoms with E-state index in [0.717, 1.165) is 16.7 Å². The van der Waals surface area contributed by atoms with Crippen LogP contribution in [0.15, 0.2) is 17.3 Å². The Morgan fingerprint density at radius 3 is 2.93 bits per heavy atom. The Hall–Kier alpha value is -0.770. The molecule has 0 unspecified atom stereocenters. The van der Waals surface area contributed by atoms with E-state index in [2.05, 4.69) is 29.1 Å². The van der Waals surface area contributed by atoms with Crippen molar-refractivity contribution in [3.8, 4) is 0 Å². The van der Waals surface area contributed by atoms with Gasteiger partial charge in [-0.15, -0.1) is 11.8 Å². The zero-order valence-electron chi connectivity index (χ0n) is 8.95. The van der Waals surface area contributed by atoms with Crippen LogP contribution in [0, 0.1) is 5.92 Å². The molecule has 3 nitrogen and oxygen atoms in total. The van der Waals surface area contributed by atoms with Gasteiger partial charge in [0.1, 0.15) is 5.03 Å². The Morgan fingerprint density at radius 2 is 2.29 bits per heavy atom. The molecule has 1 N–H and O–H groups in total. The lowest BCUT2D eigenvalue weighted by molar-refractivity contribution is 0.632. The van der Waals surface area contributed by atoms with Gasteiger partial charge in [0.05, 0.1) is 0 Å². The minimum Gasteiger partial charge on any atom is -0.357 e. The van der Waals surface area contributed by atoms with Crippen molar-refractivity contribution >= 4 is 17.7 Å². The van der Waals surface area contributed by atoms with E-state index in [-0.39, 0.29) is 0 Å². The SMILES string of the molecule is CNc1nccc(SCCC(C)C)n1. The highest BCUT2D eigenvalue weighted by Gasteiger charge is 1.99. The van der Waals surface area contributed by atoms with Crippen LogP contribution in [0.5, 0.6) is 0 Å². The molecule has 4 heteroatoms. The normalized spacial score (nSPS) is 10.6. The number of hydrogen-bond donors (Lipinski definition) is 1. The Kier molecular flexibility index (Phi) is 4.73. The Bertz CT molecular complexity index is 276. The van der Waals surface area contributed by atoms with E-state index in [9.17, 15) is 0 Å². The number of rotatable bonds is 5. The highest BCUT2D eigenvalue weighted by atomic mass is 32.2. The van der Waals surface area contributed by atoms with Crippen LogP contribution in [0.2, 0.25) is 0 Å². The summed E-state index contributed by atoms with van der Waals surface area (Å²) in [4.78, 5) is 8.39. The number of aromatic nitrogens is 2. The Morgan fingerprint density at radius 1 is 1.50 bits per heavy atom. The fourth-order valence-electron chi connectivity index (χ4n) is 0.942. The van der Waals surface area contributed by atoms with Crippen molar-refractivity contribution in [1.82, 2.24) is 9.97 Å². The molecule has 0 atom stereocenters. The van der Waals surface area contributed by atoms with Crippen LogP contribution in [-0.2, 0) is 0 Å². The molecule has 0 aliphatic carbocycles. The monoisotopic (exact) mass is 211 g/mol. The first-order valence-electron chi connectivity index (χ1n) is 4.86. The molecular weight excluding hydrogens is 194 g/mol. The van der Waals surface area contributed by atoms with Gasteiger partial charge in [0.15, 0.2) is 0 Å². The van der Waals surface area contributed by atoms with Gasteiger partial charge in [-0.1, -0.05) is 13.8 Å². The molecule has 0 aliphatic rings. The molecule has 0 radical (unpaired) electrons. The zero-order valence-corrected chi connectivity index (χ0v) is 9.77. The topological polar surface area (TPSA) is 37.8 Å². The first-order valence-corrected chi connectivity index (χ1v) is 5.84.